The largest absolute Gasteiger partial charge is 0.505 e. The fraction of sp³-hybridized carbons (Fsp3) is 0.167. The van der Waals surface area contributed by atoms with E-state index in [0.717, 1.165) is 22.4 Å². The molecule has 0 saturated carbocycles. The molecule has 146 valence electrons. The average molecular weight is 385 g/mol. The second-order valence-electron chi connectivity index (χ2n) is 6.79. The molecule has 0 radical (unpaired) electrons. The van der Waals surface area contributed by atoms with Crippen LogP contribution in [0.25, 0.3) is 10.9 Å². The van der Waals surface area contributed by atoms with E-state index in [1.165, 1.54) is 0 Å². The normalized spacial score (nSPS) is 11.9. The minimum absolute atomic E-state index is 0.158. The summed E-state index contributed by atoms with van der Waals surface area (Å²) in [4.78, 5) is 8.96. The van der Waals surface area contributed by atoms with Crippen molar-refractivity contribution in [3.05, 3.63) is 89.7 Å². The number of anilines is 1. The van der Waals surface area contributed by atoms with Gasteiger partial charge in [-0.05, 0) is 38.1 Å². The van der Waals surface area contributed by atoms with E-state index < -0.39 is 0 Å². The van der Waals surface area contributed by atoms with Crippen LogP contribution in [-0.4, -0.2) is 21.7 Å². The summed E-state index contributed by atoms with van der Waals surface area (Å²) in [5.74, 6) is 1.63. The molecule has 0 spiro atoms. The Bertz CT molecular complexity index is 1130. The number of rotatable bonds is 6. The van der Waals surface area contributed by atoms with Crippen LogP contribution in [-0.2, 0) is 0 Å². The summed E-state index contributed by atoms with van der Waals surface area (Å²) in [6.45, 7) is 4.43. The Labute approximate surface area is 170 Å². The van der Waals surface area contributed by atoms with Gasteiger partial charge >= 0.3 is 0 Å². The van der Waals surface area contributed by atoms with Gasteiger partial charge in [-0.3, -0.25) is 0 Å². The molecule has 5 heteroatoms. The van der Waals surface area contributed by atoms with E-state index in [1.54, 1.807) is 6.20 Å². The number of phenolic OH excluding ortho intramolecular Hbond substituents is 1. The van der Waals surface area contributed by atoms with Crippen molar-refractivity contribution in [3.8, 4) is 11.5 Å². The second-order valence-corrected chi connectivity index (χ2v) is 6.79. The molecule has 0 bridgehead atoms. The number of hydrogen-bond donors (Lipinski definition) is 2. The van der Waals surface area contributed by atoms with Gasteiger partial charge in [0.05, 0.1) is 12.6 Å². The number of nitrogens with one attached hydrogen (secondary N) is 1. The number of hydrogen-bond acceptors (Lipinski definition) is 5. The van der Waals surface area contributed by atoms with E-state index in [9.17, 15) is 5.11 Å². The van der Waals surface area contributed by atoms with Gasteiger partial charge in [0.25, 0.3) is 0 Å². The first-order chi connectivity index (χ1) is 14.2. The smallest absolute Gasteiger partial charge is 0.147 e. The molecule has 5 nitrogen and oxygen atoms in total. The maximum Gasteiger partial charge on any atom is 0.147 e. The second kappa shape index (κ2) is 8.19. The highest BCUT2D eigenvalue weighted by atomic mass is 16.5. The highest BCUT2D eigenvalue weighted by molar-refractivity contribution is 5.86. The lowest BCUT2D eigenvalue weighted by atomic mass is 9.95. The van der Waals surface area contributed by atoms with Crippen molar-refractivity contribution in [2.24, 2.45) is 0 Å². The van der Waals surface area contributed by atoms with Crippen molar-refractivity contribution in [2.75, 3.05) is 11.9 Å². The van der Waals surface area contributed by atoms with Crippen LogP contribution in [0.15, 0.2) is 72.9 Å². The van der Waals surface area contributed by atoms with Crippen LogP contribution < -0.4 is 10.1 Å². The molecule has 2 aromatic carbocycles. The molecular weight excluding hydrogens is 362 g/mol. The lowest BCUT2D eigenvalue weighted by molar-refractivity contribution is 0.335. The minimum atomic E-state index is -0.362. The van der Waals surface area contributed by atoms with E-state index >= 15 is 0 Å². The van der Waals surface area contributed by atoms with Crippen LogP contribution in [0, 0.1) is 6.92 Å². The molecule has 2 N–H and O–H groups in total. The van der Waals surface area contributed by atoms with E-state index in [4.69, 9.17) is 4.74 Å². The van der Waals surface area contributed by atoms with Crippen molar-refractivity contribution < 1.29 is 9.84 Å². The van der Waals surface area contributed by atoms with Crippen LogP contribution in [0.4, 0.5) is 5.82 Å². The summed E-state index contributed by atoms with van der Waals surface area (Å²) in [5.41, 5.74) is 3.08. The van der Waals surface area contributed by atoms with Gasteiger partial charge in [0.1, 0.15) is 22.8 Å². The van der Waals surface area contributed by atoms with Gasteiger partial charge < -0.3 is 15.2 Å². The molecule has 0 aliphatic carbocycles. The summed E-state index contributed by atoms with van der Waals surface area (Å²) in [5, 5.41) is 15.5. The van der Waals surface area contributed by atoms with Gasteiger partial charge in [-0.1, -0.05) is 42.5 Å². The Morgan fingerprint density at radius 3 is 2.55 bits per heavy atom. The van der Waals surface area contributed by atoms with E-state index in [1.807, 2.05) is 80.6 Å². The first-order valence-corrected chi connectivity index (χ1v) is 9.66. The molecule has 1 atom stereocenters. The summed E-state index contributed by atoms with van der Waals surface area (Å²) in [7, 11) is 0. The molecular formula is C24H23N3O2. The number of pyridine rings is 2. The Morgan fingerprint density at radius 1 is 0.966 bits per heavy atom. The molecule has 2 aromatic heterocycles. The SMILES string of the molecule is CCOc1ccccc1C(Nc1ccccn1)c1ccc2ccc(C)nc2c1O. The number of benzene rings is 2. The number of aromatic nitrogens is 2. The highest BCUT2D eigenvalue weighted by Gasteiger charge is 2.23. The zero-order chi connectivity index (χ0) is 20.2. The Hall–Kier alpha value is -3.60. The van der Waals surface area contributed by atoms with E-state index in [0.29, 0.717) is 23.5 Å². The predicted octanol–water partition coefficient (Wildman–Crippen LogP) is 5.24. The molecule has 2 heterocycles. The summed E-state index contributed by atoms with van der Waals surface area (Å²) >= 11 is 0. The maximum absolute atomic E-state index is 11.1. The molecule has 0 saturated heterocycles. The highest BCUT2D eigenvalue weighted by Crippen LogP contribution is 2.39. The standard InChI is InChI=1S/C24H23N3O2/c1-3-29-20-9-5-4-8-18(20)23(27-21-10-6-7-15-25-21)19-14-13-17-12-11-16(2)26-22(17)24(19)28/h4-15,23,28H,3H2,1-2H3,(H,25,27). The molecule has 0 aliphatic rings. The molecule has 0 aliphatic heterocycles. The Balaban J connectivity index is 1.89. The summed E-state index contributed by atoms with van der Waals surface area (Å²) in [6.07, 6.45) is 1.74. The van der Waals surface area contributed by atoms with Gasteiger partial charge in [-0.25, -0.2) is 9.97 Å². The zero-order valence-electron chi connectivity index (χ0n) is 16.5. The Kier molecular flexibility index (Phi) is 5.29. The lowest BCUT2D eigenvalue weighted by Crippen LogP contribution is -2.15. The quantitative estimate of drug-likeness (QED) is 0.475. The molecule has 1 unspecified atom stereocenters. The van der Waals surface area contributed by atoms with Crippen LogP contribution in [0.5, 0.6) is 11.5 Å². The third-order valence-electron chi connectivity index (χ3n) is 4.80. The first kappa shape index (κ1) is 18.7. The lowest BCUT2D eigenvalue weighted by Gasteiger charge is -2.24. The predicted molar refractivity (Wildman–Crippen MR) is 115 cm³/mol. The van der Waals surface area contributed by atoms with Crippen molar-refractivity contribution in [3.63, 3.8) is 0 Å². The van der Waals surface area contributed by atoms with Crippen molar-refractivity contribution in [1.82, 2.24) is 9.97 Å². The maximum atomic E-state index is 11.1. The van der Waals surface area contributed by atoms with Gasteiger partial charge in [-0.2, -0.15) is 0 Å². The van der Waals surface area contributed by atoms with Crippen LogP contribution >= 0.6 is 0 Å². The zero-order valence-corrected chi connectivity index (χ0v) is 16.5. The minimum Gasteiger partial charge on any atom is -0.505 e. The third kappa shape index (κ3) is 3.85. The first-order valence-electron chi connectivity index (χ1n) is 9.66. The topological polar surface area (TPSA) is 67.3 Å². The molecule has 0 fully saturated rings. The average Bonchev–Trinajstić information content (AvgIpc) is 2.75. The number of aromatic hydroxyl groups is 1. The number of nitrogens with zero attached hydrogens (tertiary/aromatic N) is 2. The third-order valence-corrected chi connectivity index (χ3v) is 4.80. The number of aryl methyl sites for hydroxylation is 1. The summed E-state index contributed by atoms with van der Waals surface area (Å²) in [6, 6.07) is 21.0. The fourth-order valence-electron chi connectivity index (χ4n) is 3.44. The van der Waals surface area contributed by atoms with Gasteiger partial charge in [-0.15, -0.1) is 0 Å². The molecule has 29 heavy (non-hydrogen) atoms. The number of phenols is 1. The number of para-hydroxylation sites is 1. The molecule has 4 rings (SSSR count). The van der Waals surface area contributed by atoms with Crippen LogP contribution in [0.1, 0.15) is 29.8 Å². The number of ether oxygens (including phenoxy) is 1. The molecule has 4 aromatic rings. The fourth-order valence-corrected chi connectivity index (χ4v) is 3.44. The monoisotopic (exact) mass is 385 g/mol. The van der Waals surface area contributed by atoms with Gasteiger partial charge in [0.15, 0.2) is 0 Å². The van der Waals surface area contributed by atoms with E-state index in [2.05, 4.69) is 15.3 Å². The van der Waals surface area contributed by atoms with Gasteiger partial charge in [0.2, 0.25) is 0 Å². The van der Waals surface area contributed by atoms with Crippen molar-refractivity contribution in [1.29, 1.82) is 0 Å². The van der Waals surface area contributed by atoms with E-state index in [-0.39, 0.29) is 11.8 Å². The summed E-state index contributed by atoms with van der Waals surface area (Å²) < 4.78 is 5.87. The van der Waals surface area contributed by atoms with Crippen molar-refractivity contribution >= 4 is 16.7 Å². The number of fused-ring (bicyclic) bond motifs is 1. The molecule has 0 amide bonds. The Morgan fingerprint density at radius 2 is 1.76 bits per heavy atom. The van der Waals surface area contributed by atoms with Crippen LogP contribution in [0.2, 0.25) is 0 Å². The van der Waals surface area contributed by atoms with Crippen LogP contribution in [0.3, 0.4) is 0 Å². The van der Waals surface area contributed by atoms with Gasteiger partial charge in [0, 0.05) is 28.4 Å². The van der Waals surface area contributed by atoms with Crippen molar-refractivity contribution in [2.45, 2.75) is 19.9 Å².